The Morgan fingerprint density at radius 3 is 2.39 bits per heavy atom. The zero-order valence-electron chi connectivity index (χ0n) is 14.6. The summed E-state index contributed by atoms with van der Waals surface area (Å²) in [5.74, 6) is -2.18. The van der Waals surface area contributed by atoms with Crippen molar-refractivity contribution in [2.75, 3.05) is 0 Å². The van der Waals surface area contributed by atoms with Crippen molar-refractivity contribution in [1.29, 1.82) is 0 Å². The number of carbonyl (C=O) groups is 2. The quantitative estimate of drug-likeness (QED) is 0.660. The van der Waals surface area contributed by atoms with E-state index in [0.29, 0.717) is 5.69 Å². The van der Waals surface area contributed by atoms with Crippen LogP contribution in [0.4, 0.5) is 4.39 Å². The van der Waals surface area contributed by atoms with Crippen molar-refractivity contribution in [2.24, 2.45) is 0 Å². The van der Waals surface area contributed by atoms with Crippen molar-refractivity contribution in [2.45, 2.75) is 6.92 Å². The Bertz CT molecular complexity index is 1130. The third-order valence-electron chi connectivity index (χ3n) is 3.81. The molecule has 3 aromatic rings. The van der Waals surface area contributed by atoms with Crippen molar-refractivity contribution in [3.63, 3.8) is 0 Å². The Kier molecular flexibility index (Phi) is 5.51. The number of amides is 2. The molecular weight excluding hydrogens is 387 g/mol. The summed E-state index contributed by atoms with van der Waals surface area (Å²) >= 11 is 5.92. The molecule has 142 valence electrons. The average molecular weight is 401 g/mol. The zero-order valence-corrected chi connectivity index (χ0v) is 15.3. The minimum absolute atomic E-state index is 0.0779. The number of aromatic nitrogens is 2. The van der Waals surface area contributed by atoms with Crippen LogP contribution in [-0.4, -0.2) is 21.6 Å². The van der Waals surface area contributed by atoms with E-state index in [1.807, 2.05) is 0 Å². The molecule has 0 radical (unpaired) electrons. The summed E-state index contributed by atoms with van der Waals surface area (Å²) in [5, 5.41) is 4.14. The van der Waals surface area contributed by atoms with E-state index >= 15 is 0 Å². The van der Waals surface area contributed by atoms with Crippen LogP contribution in [0.3, 0.4) is 0 Å². The van der Waals surface area contributed by atoms with Crippen LogP contribution in [0.15, 0.2) is 59.4 Å². The van der Waals surface area contributed by atoms with Gasteiger partial charge in [-0.3, -0.25) is 25.2 Å². The third-order valence-corrected chi connectivity index (χ3v) is 4.14. The number of halogens is 2. The maximum Gasteiger partial charge on any atom is 0.294 e. The highest BCUT2D eigenvalue weighted by Crippen LogP contribution is 2.14. The molecule has 0 saturated heterocycles. The van der Waals surface area contributed by atoms with Crippen LogP contribution in [0.2, 0.25) is 5.02 Å². The predicted octanol–water partition coefficient (Wildman–Crippen LogP) is 2.41. The van der Waals surface area contributed by atoms with Crippen LogP contribution in [0, 0.1) is 12.7 Å². The zero-order chi connectivity index (χ0) is 20.3. The molecule has 0 aliphatic carbocycles. The lowest BCUT2D eigenvalue weighted by molar-refractivity contribution is 0.0842. The number of rotatable bonds is 3. The number of hydrogen-bond acceptors (Lipinski definition) is 4. The van der Waals surface area contributed by atoms with Crippen molar-refractivity contribution in [1.82, 2.24) is 20.6 Å². The summed E-state index contributed by atoms with van der Waals surface area (Å²) in [4.78, 5) is 36.6. The first-order chi connectivity index (χ1) is 13.4. The van der Waals surface area contributed by atoms with Crippen LogP contribution in [0.1, 0.15) is 26.5 Å². The summed E-state index contributed by atoms with van der Waals surface area (Å²) in [6.45, 7) is 1.56. The van der Waals surface area contributed by atoms with Gasteiger partial charge in [-0.15, -0.1) is 0 Å². The van der Waals surface area contributed by atoms with Gasteiger partial charge in [-0.1, -0.05) is 35.9 Å². The molecule has 2 amide bonds. The van der Waals surface area contributed by atoms with Crippen LogP contribution in [0.5, 0.6) is 0 Å². The monoisotopic (exact) mass is 400 g/mol. The maximum absolute atomic E-state index is 14.1. The molecule has 0 bridgehead atoms. The second-order valence-electron chi connectivity index (χ2n) is 5.75. The van der Waals surface area contributed by atoms with E-state index in [2.05, 4.69) is 16.0 Å². The molecular formula is C19H14ClFN4O3. The van der Waals surface area contributed by atoms with Crippen LogP contribution >= 0.6 is 11.6 Å². The third kappa shape index (κ3) is 3.91. The van der Waals surface area contributed by atoms with E-state index in [1.165, 1.54) is 30.3 Å². The standard InChI is InChI=1S/C19H14ClFN4O3/c1-11-10-16(26)17(24-25(11)15-9-5-4-8-14(15)21)19(28)23-22-18(27)12-6-2-3-7-13(12)20/h2-10H,1H3,(H,22,27)(H,23,28). The number of nitrogens with one attached hydrogen (secondary N) is 2. The number of carbonyl (C=O) groups excluding carboxylic acids is 2. The summed E-state index contributed by atoms with van der Waals surface area (Å²) in [6, 6.07) is 13.2. The van der Waals surface area contributed by atoms with E-state index in [4.69, 9.17) is 11.6 Å². The highest BCUT2D eigenvalue weighted by Gasteiger charge is 2.18. The Balaban J connectivity index is 1.85. The molecule has 3 rings (SSSR count). The number of benzene rings is 2. The minimum Gasteiger partial charge on any atom is -0.287 e. The molecule has 9 heteroatoms. The fraction of sp³-hybridized carbons (Fsp3) is 0.0526. The van der Waals surface area contributed by atoms with Gasteiger partial charge in [-0.2, -0.15) is 5.10 Å². The average Bonchev–Trinajstić information content (AvgIpc) is 2.67. The first-order valence-corrected chi connectivity index (χ1v) is 8.47. The van der Waals surface area contributed by atoms with Crippen molar-refractivity contribution in [3.05, 3.63) is 92.6 Å². The van der Waals surface area contributed by atoms with E-state index in [-0.39, 0.29) is 16.3 Å². The molecule has 7 nitrogen and oxygen atoms in total. The van der Waals surface area contributed by atoms with Crippen molar-refractivity contribution in [3.8, 4) is 5.69 Å². The summed E-state index contributed by atoms with van der Waals surface area (Å²) in [7, 11) is 0. The minimum atomic E-state index is -0.949. The lowest BCUT2D eigenvalue weighted by Crippen LogP contribution is -2.44. The molecule has 2 aromatic carbocycles. The molecule has 0 saturated carbocycles. The highest BCUT2D eigenvalue weighted by atomic mass is 35.5. The molecule has 28 heavy (non-hydrogen) atoms. The van der Waals surface area contributed by atoms with Gasteiger partial charge in [0.1, 0.15) is 11.5 Å². The fourth-order valence-electron chi connectivity index (χ4n) is 2.46. The molecule has 0 unspecified atom stereocenters. The Morgan fingerprint density at radius 2 is 1.68 bits per heavy atom. The Morgan fingerprint density at radius 1 is 1.04 bits per heavy atom. The Hall–Kier alpha value is -3.52. The van der Waals surface area contributed by atoms with Crippen LogP contribution in [-0.2, 0) is 0 Å². The van der Waals surface area contributed by atoms with Gasteiger partial charge >= 0.3 is 0 Å². The molecule has 1 aromatic heterocycles. The van der Waals surface area contributed by atoms with E-state index < -0.39 is 28.8 Å². The SMILES string of the molecule is Cc1cc(=O)c(C(=O)NNC(=O)c2ccccc2Cl)nn1-c1ccccc1F. The van der Waals surface area contributed by atoms with Crippen molar-refractivity contribution >= 4 is 23.4 Å². The van der Waals surface area contributed by atoms with E-state index in [9.17, 15) is 18.8 Å². The predicted molar refractivity (Wildman–Crippen MR) is 101 cm³/mol. The number of hydrazine groups is 1. The second-order valence-corrected chi connectivity index (χ2v) is 6.16. The smallest absolute Gasteiger partial charge is 0.287 e. The molecule has 0 fully saturated rings. The molecule has 1 heterocycles. The second kappa shape index (κ2) is 8.01. The topological polar surface area (TPSA) is 93.1 Å². The number of hydrogen-bond donors (Lipinski definition) is 2. The van der Waals surface area contributed by atoms with E-state index in [1.54, 1.807) is 25.1 Å². The maximum atomic E-state index is 14.1. The van der Waals surface area contributed by atoms with Crippen LogP contribution in [0.25, 0.3) is 5.69 Å². The summed E-state index contributed by atoms with van der Waals surface area (Å²) in [5.41, 5.74) is 3.66. The van der Waals surface area contributed by atoms with Crippen molar-refractivity contribution < 1.29 is 14.0 Å². The van der Waals surface area contributed by atoms with Gasteiger partial charge < -0.3 is 0 Å². The normalized spacial score (nSPS) is 10.4. The lowest BCUT2D eigenvalue weighted by Gasteiger charge is -2.12. The van der Waals surface area contributed by atoms with Gasteiger partial charge in [0.2, 0.25) is 5.43 Å². The van der Waals surface area contributed by atoms with Gasteiger partial charge in [-0.25, -0.2) is 9.07 Å². The molecule has 2 N–H and O–H groups in total. The highest BCUT2D eigenvalue weighted by molar-refractivity contribution is 6.33. The number of nitrogens with zero attached hydrogens (tertiary/aromatic N) is 2. The fourth-order valence-corrected chi connectivity index (χ4v) is 2.68. The van der Waals surface area contributed by atoms with Gasteiger partial charge in [-0.05, 0) is 31.2 Å². The lowest BCUT2D eigenvalue weighted by atomic mass is 10.2. The first-order valence-electron chi connectivity index (χ1n) is 8.09. The van der Waals surface area contributed by atoms with E-state index in [0.717, 1.165) is 10.7 Å². The summed E-state index contributed by atoms with van der Waals surface area (Å²) in [6.07, 6.45) is 0. The number of para-hydroxylation sites is 1. The molecule has 0 atom stereocenters. The largest absolute Gasteiger partial charge is 0.294 e. The van der Waals surface area contributed by atoms with Gasteiger partial charge in [0.15, 0.2) is 5.69 Å². The first kappa shape index (κ1) is 19.2. The molecule has 0 aliphatic heterocycles. The van der Waals surface area contributed by atoms with Gasteiger partial charge in [0.25, 0.3) is 11.8 Å². The molecule has 0 spiro atoms. The van der Waals surface area contributed by atoms with Gasteiger partial charge in [0.05, 0.1) is 10.6 Å². The number of aryl methyl sites for hydroxylation is 1. The molecule has 0 aliphatic rings. The van der Waals surface area contributed by atoms with Gasteiger partial charge in [0, 0.05) is 11.8 Å². The van der Waals surface area contributed by atoms with Crippen LogP contribution < -0.4 is 16.3 Å². The Labute approximate surface area is 163 Å². The summed E-state index contributed by atoms with van der Waals surface area (Å²) < 4.78 is 15.2.